The molecule has 0 aliphatic carbocycles. The predicted octanol–water partition coefficient (Wildman–Crippen LogP) is 8.06. The van der Waals surface area contributed by atoms with Crippen molar-refractivity contribution in [3.8, 4) is 23.0 Å². The molecule has 0 atom stereocenters. The van der Waals surface area contributed by atoms with Gasteiger partial charge in [0.25, 0.3) is 0 Å². The Labute approximate surface area is 274 Å². The summed E-state index contributed by atoms with van der Waals surface area (Å²) in [5.41, 5.74) is 1.60. The third-order valence-corrected chi connectivity index (χ3v) is 6.91. The lowest BCUT2D eigenvalue weighted by molar-refractivity contribution is -0.122. The van der Waals surface area contributed by atoms with Crippen LogP contribution >= 0.6 is 0 Å². The Bertz CT molecular complexity index is 1200. The van der Waals surface area contributed by atoms with Crippen LogP contribution in [0.25, 0.3) is 0 Å². The van der Waals surface area contributed by atoms with Crippen molar-refractivity contribution in [2.75, 3.05) is 14.2 Å². The number of ether oxygens (including phenoxy) is 4. The Morgan fingerprint density at radius 1 is 0.630 bits per heavy atom. The summed E-state index contributed by atoms with van der Waals surface area (Å²) in [6.07, 6.45) is 14.2. The molecule has 0 heterocycles. The van der Waals surface area contributed by atoms with Gasteiger partial charge in [0.05, 0.1) is 14.2 Å². The van der Waals surface area contributed by atoms with Crippen molar-refractivity contribution in [1.82, 2.24) is 10.6 Å². The topological polar surface area (TPSA) is 112 Å². The molecule has 0 saturated carbocycles. The second-order valence-electron chi connectivity index (χ2n) is 11.8. The molecule has 0 unspecified atom stereocenters. The zero-order valence-electron chi connectivity index (χ0n) is 28.4. The number of benzene rings is 2. The molecule has 9 nitrogen and oxygen atoms in total. The molecule has 2 aromatic rings. The van der Waals surface area contributed by atoms with Crippen LogP contribution in [0.2, 0.25) is 0 Å². The maximum atomic E-state index is 12.6. The molecule has 2 N–H and O–H groups in total. The molecular formula is C37H52N2O7. The number of rotatable bonds is 20. The Balaban J connectivity index is 1.82. The second-order valence-corrected chi connectivity index (χ2v) is 11.8. The second kappa shape index (κ2) is 21.5. The Morgan fingerprint density at radius 2 is 1.04 bits per heavy atom. The van der Waals surface area contributed by atoms with E-state index in [0.29, 0.717) is 49.3 Å². The van der Waals surface area contributed by atoms with E-state index in [1.165, 1.54) is 14.2 Å². The predicted molar refractivity (Wildman–Crippen MR) is 181 cm³/mol. The van der Waals surface area contributed by atoms with Gasteiger partial charge in [0.2, 0.25) is 11.8 Å². The van der Waals surface area contributed by atoms with Crippen LogP contribution in [0.15, 0.2) is 60.7 Å². The van der Waals surface area contributed by atoms with Gasteiger partial charge in [-0.05, 0) is 85.8 Å². The van der Waals surface area contributed by atoms with E-state index in [2.05, 4.69) is 62.6 Å². The fourth-order valence-electron chi connectivity index (χ4n) is 4.42. The number of hydrogen-bond donors (Lipinski definition) is 2. The highest BCUT2D eigenvalue weighted by molar-refractivity contribution is 5.76. The SMILES string of the molecule is COc1cc(CNC(=O)CCCC/C=C/C(C)C)ccc1OC(=O)Oc1ccc(CNC(=O)CCCC/C=C/C(C)C)cc1OC. The molecule has 2 aromatic carbocycles. The molecule has 0 aliphatic rings. The van der Waals surface area contributed by atoms with Crippen LogP contribution in [-0.4, -0.2) is 32.2 Å². The van der Waals surface area contributed by atoms with Crippen LogP contribution in [0.3, 0.4) is 0 Å². The van der Waals surface area contributed by atoms with Crippen LogP contribution in [-0.2, 0) is 22.7 Å². The van der Waals surface area contributed by atoms with Gasteiger partial charge >= 0.3 is 6.16 Å². The number of unbranched alkanes of at least 4 members (excludes halogenated alkanes) is 4. The van der Waals surface area contributed by atoms with E-state index < -0.39 is 6.16 Å². The summed E-state index contributed by atoms with van der Waals surface area (Å²) in [4.78, 5) is 37.1. The van der Waals surface area contributed by atoms with Gasteiger partial charge in [-0.3, -0.25) is 9.59 Å². The highest BCUT2D eigenvalue weighted by Crippen LogP contribution is 2.31. The number of methoxy groups -OCH3 is 2. The minimum Gasteiger partial charge on any atom is -0.493 e. The summed E-state index contributed by atoms with van der Waals surface area (Å²) in [5, 5.41) is 5.84. The number of amides is 2. The summed E-state index contributed by atoms with van der Waals surface area (Å²) in [6, 6.07) is 10.1. The highest BCUT2D eigenvalue weighted by Gasteiger charge is 2.16. The monoisotopic (exact) mass is 636 g/mol. The van der Waals surface area contributed by atoms with Crippen LogP contribution in [0.4, 0.5) is 4.79 Å². The minimum atomic E-state index is -0.967. The fourth-order valence-corrected chi connectivity index (χ4v) is 4.42. The quantitative estimate of drug-likeness (QED) is 0.0654. The van der Waals surface area contributed by atoms with Gasteiger partial charge in [-0.2, -0.15) is 0 Å². The van der Waals surface area contributed by atoms with Crippen molar-refractivity contribution in [2.24, 2.45) is 11.8 Å². The largest absolute Gasteiger partial charge is 0.519 e. The van der Waals surface area contributed by atoms with E-state index in [1.54, 1.807) is 36.4 Å². The Hall–Kier alpha value is -4.27. The number of allylic oxidation sites excluding steroid dienone is 4. The zero-order chi connectivity index (χ0) is 33.7. The first-order valence-electron chi connectivity index (χ1n) is 16.2. The van der Waals surface area contributed by atoms with E-state index in [-0.39, 0.29) is 23.3 Å². The third-order valence-electron chi connectivity index (χ3n) is 6.91. The van der Waals surface area contributed by atoms with Crippen LogP contribution < -0.4 is 29.6 Å². The van der Waals surface area contributed by atoms with E-state index >= 15 is 0 Å². The van der Waals surface area contributed by atoms with Crippen LogP contribution in [0.5, 0.6) is 23.0 Å². The molecule has 0 saturated heterocycles. The highest BCUT2D eigenvalue weighted by atomic mass is 16.7. The first-order chi connectivity index (χ1) is 22.1. The van der Waals surface area contributed by atoms with Crippen molar-refractivity contribution in [1.29, 1.82) is 0 Å². The van der Waals surface area contributed by atoms with Gasteiger partial charge in [-0.15, -0.1) is 0 Å². The Kier molecular flexibility index (Phi) is 17.7. The fraction of sp³-hybridized carbons (Fsp3) is 0.486. The number of carbonyl (C=O) groups excluding carboxylic acids is 3. The first kappa shape index (κ1) is 37.9. The van der Waals surface area contributed by atoms with Crippen molar-refractivity contribution in [2.45, 2.75) is 92.2 Å². The molecule has 2 rings (SSSR count). The van der Waals surface area contributed by atoms with Crippen LogP contribution in [0.1, 0.15) is 90.2 Å². The molecule has 9 heteroatoms. The van der Waals surface area contributed by atoms with E-state index in [0.717, 1.165) is 49.7 Å². The summed E-state index contributed by atoms with van der Waals surface area (Å²) in [6.45, 7) is 9.22. The molecule has 0 fully saturated rings. The van der Waals surface area contributed by atoms with Crippen molar-refractivity contribution < 1.29 is 33.3 Å². The summed E-state index contributed by atoms with van der Waals surface area (Å²) < 4.78 is 21.6. The van der Waals surface area contributed by atoms with Gasteiger partial charge in [-0.25, -0.2) is 4.79 Å². The standard InChI is InChI=1S/C37H52N2O7/c1-27(2)15-11-7-9-13-17-35(40)38-25-29-19-21-31(33(23-29)43-5)45-37(42)46-32-22-20-30(24-34(32)44-6)26-39-36(41)18-14-10-8-12-16-28(3)4/h11-12,15-16,19-24,27-28H,7-10,13-14,17-18,25-26H2,1-6H3,(H,38,40)(H,39,41)/b15-11+,16-12+. The summed E-state index contributed by atoms with van der Waals surface area (Å²) in [7, 11) is 2.94. The first-order valence-corrected chi connectivity index (χ1v) is 16.2. The molecule has 252 valence electrons. The minimum absolute atomic E-state index is 0.0150. The van der Waals surface area contributed by atoms with Crippen molar-refractivity contribution >= 4 is 18.0 Å². The smallest absolute Gasteiger partial charge is 0.493 e. The van der Waals surface area contributed by atoms with Gasteiger partial charge in [0.1, 0.15) is 0 Å². The maximum Gasteiger partial charge on any atom is 0.519 e. The van der Waals surface area contributed by atoms with E-state index in [4.69, 9.17) is 18.9 Å². The normalized spacial score (nSPS) is 11.3. The molecular weight excluding hydrogens is 584 g/mol. The van der Waals surface area contributed by atoms with E-state index in [9.17, 15) is 14.4 Å². The third kappa shape index (κ3) is 15.6. The Morgan fingerprint density at radius 3 is 1.41 bits per heavy atom. The lowest BCUT2D eigenvalue weighted by Crippen LogP contribution is -2.22. The molecule has 0 aliphatic heterocycles. The molecule has 0 aromatic heterocycles. The average molecular weight is 637 g/mol. The lowest BCUT2D eigenvalue weighted by atomic mass is 10.1. The lowest BCUT2D eigenvalue weighted by Gasteiger charge is -2.13. The number of carbonyl (C=O) groups is 3. The van der Waals surface area contributed by atoms with Crippen LogP contribution in [0, 0.1) is 11.8 Å². The maximum absolute atomic E-state index is 12.6. The van der Waals surface area contributed by atoms with Gasteiger partial charge in [0.15, 0.2) is 23.0 Å². The van der Waals surface area contributed by atoms with Crippen molar-refractivity contribution in [3.63, 3.8) is 0 Å². The summed E-state index contributed by atoms with van der Waals surface area (Å²) >= 11 is 0. The zero-order valence-corrected chi connectivity index (χ0v) is 28.4. The summed E-state index contributed by atoms with van der Waals surface area (Å²) in [5.74, 6) is 2.05. The molecule has 0 spiro atoms. The number of hydrogen-bond acceptors (Lipinski definition) is 7. The van der Waals surface area contributed by atoms with E-state index in [1.807, 2.05) is 0 Å². The van der Waals surface area contributed by atoms with Gasteiger partial charge in [0, 0.05) is 25.9 Å². The number of nitrogens with one attached hydrogen (secondary N) is 2. The van der Waals surface area contributed by atoms with Gasteiger partial charge in [-0.1, -0.05) is 64.1 Å². The molecule has 0 bridgehead atoms. The van der Waals surface area contributed by atoms with Crippen molar-refractivity contribution in [3.05, 3.63) is 71.8 Å². The average Bonchev–Trinajstić information content (AvgIpc) is 3.02. The molecule has 0 radical (unpaired) electrons. The van der Waals surface area contributed by atoms with Gasteiger partial charge < -0.3 is 29.6 Å². The molecule has 2 amide bonds. The molecule has 46 heavy (non-hydrogen) atoms.